The maximum absolute atomic E-state index is 13.4. The maximum Gasteiger partial charge on any atom is 0.289 e. The molecule has 3 aliphatic rings. The van der Waals surface area contributed by atoms with Crippen LogP contribution in [0.4, 0.5) is 4.39 Å². The van der Waals surface area contributed by atoms with Crippen LogP contribution in [-0.2, 0) is 19.5 Å². The first-order valence-corrected chi connectivity index (χ1v) is 9.85. The van der Waals surface area contributed by atoms with E-state index in [0.717, 1.165) is 56.8 Å². The van der Waals surface area contributed by atoms with Gasteiger partial charge in [-0.25, -0.2) is 4.39 Å². The number of hydrogen-bond donors (Lipinski definition) is 1. The van der Waals surface area contributed by atoms with E-state index >= 15 is 0 Å². The van der Waals surface area contributed by atoms with E-state index < -0.39 is 0 Å². The molecule has 1 saturated heterocycles. The summed E-state index contributed by atoms with van der Waals surface area (Å²) in [5.41, 5.74) is 1.01. The zero-order chi connectivity index (χ0) is 18.4. The molecule has 1 aromatic carbocycles. The minimum absolute atomic E-state index is 0.0912. The summed E-state index contributed by atoms with van der Waals surface area (Å²) in [6, 6.07) is 7.13. The lowest BCUT2D eigenvalue weighted by Gasteiger charge is -2.28. The number of carbonyl (C=O) groups excluding carboxylic acids is 1. The third kappa shape index (κ3) is 3.25. The van der Waals surface area contributed by atoms with Crippen LogP contribution in [0.2, 0.25) is 0 Å². The summed E-state index contributed by atoms with van der Waals surface area (Å²) in [4.78, 5) is 14.9. The smallest absolute Gasteiger partial charge is 0.289 e. The molecule has 2 aliphatic heterocycles. The lowest BCUT2D eigenvalue weighted by Crippen LogP contribution is -2.41. The molecular weight excluding hydrogens is 345 g/mol. The van der Waals surface area contributed by atoms with E-state index in [1.54, 1.807) is 12.1 Å². The Labute approximate surface area is 157 Å². The highest BCUT2D eigenvalue weighted by Crippen LogP contribution is 2.33. The average Bonchev–Trinajstić information content (AvgIpc) is 3.18. The Morgan fingerprint density at radius 2 is 2.04 bits per heavy atom. The molecule has 1 aromatic heterocycles. The zero-order valence-corrected chi connectivity index (χ0v) is 15.3. The SMILES string of the molecule is O=C(NC1CCC1)c1nnc2n1C[C@H]1CN(Cc3cccc(F)c3)C[C@H]1C2. The molecule has 3 heterocycles. The highest BCUT2D eigenvalue weighted by Gasteiger charge is 2.39. The van der Waals surface area contributed by atoms with E-state index in [2.05, 4.69) is 20.4 Å². The van der Waals surface area contributed by atoms with Crippen molar-refractivity contribution < 1.29 is 9.18 Å². The van der Waals surface area contributed by atoms with Gasteiger partial charge >= 0.3 is 0 Å². The van der Waals surface area contributed by atoms with Gasteiger partial charge in [-0.05, 0) is 48.8 Å². The molecule has 1 N–H and O–H groups in total. The molecule has 2 aromatic rings. The maximum atomic E-state index is 13.4. The molecule has 7 heteroatoms. The van der Waals surface area contributed by atoms with Crippen molar-refractivity contribution in [3.05, 3.63) is 47.3 Å². The van der Waals surface area contributed by atoms with E-state index in [1.807, 2.05) is 10.6 Å². The van der Waals surface area contributed by atoms with E-state index in [4.69, 9.17) is 0 Å². The molecule has 142 valence electrons. The number of amides is 1. The summed E-state index contributed by atoms with van der Waals surface area (Å²) in [7, 11) is 0. The number of aromatic nitrogens is 3. The zero-order valence-electron chi connectivity index (χ0n) is 15.3. The van der Waals surface area contributed by atoms with Crippen molar-refractivity contribution >= 4 is 5.91 Å². The number of nitrogens with one attached hydrogen (secondary N) is 1. The van der Waals surface area contributed by atoms with Crippen molar-refractivity contribution in [1.29, 1.82) is 0 Å². The second-order valence-electron chi connectivity index (χ2n) is 8.20. The molecule has 0 bridgehead atoms. The summed E-state index contributed by atoms with van der Waals surface area (Å²) < 4.78 is 15.5. The van der Waals surface area contributed by atoms with Gasteiger partial charge in [-0.2, -0.15) is 0 Å². The first-order valence-electron chi connectivity index (χ1n) is 9.85. The van der Waals surface area contributed by atoms with Crippen LogP contribution in [0.1, 0.15) is 41.3 Å². The Bertz CT molecular complexity index is 862. The predicted molar refractivity (Wildman–Crippen MR) is 97.5 cm³/mol. The molecule has 0 radical (unpaired) electrons. The minimum atomic E-state index is -0.183. The summed E-state index contributed by atoms with van der Waals surface area (Å²) in [5.74, 6) is 2.11. The molecule has 2 atom stereocenters. The Hall–Kier alpha value is -2.28. The second kappa shape index (κ2) is 6.71. The summed E-state index contributed by atoms with van der Waals surface area (Å²) in [5, 5.41) is 11.5. The lowest BCUT2D eigenvalue weighted by atomic mass is 9.89. The summed E-state index contributed by atoms with van der Waals surface area (Å²) >= 11 is 0. The number of rotatable bonds is 4. The van der Waals surface area contributed by atoms with Gasteiger partial charge in [-0.3, -0.25) is 9.69 Å². The predicted octanol–water partition coefficient (Wildman–Crippen LogP) is 2.00. The molecule has 1 saturated carbocycles. The van der Waals surface area contributed by atoms with Gasteiger partial charge in [0.1, 0.15) is 11.6 Å². The van der Waals surface area contributed by atoms with Gasteiger partial charge in [-0.15, -0.1) is 10.2 Å². The number of carbonyl (C=O) groups is 1. The Kier molecular flexibility index (Phi) is 4.19. The van der Waals surface area contributed by atoms with Crippen molar-refractivity contribution in [1.82, 2.24) is 25.0 Å². The van der Waals surface area contributed by atoms with Crippen molar-refractivity contribution in [2.24, 2.45) is 11.8 Å². The number of likely N-dealkylation sites (tertiary alicyclic amines) is 1. The van der Waals surface area contributed by atoms with Crippen LogP contribution in [-0.4, -0.2) is 44.7 Å². The molecular formula is C20H24FN5O. The standard InChI is InChI=1S/C20H24FN5O/c21-16-4-1-3-13(7-16)9-25-10-14-8-18-23-24-19(26(18)12-15(14)11-25)20(27)22-17-5-2-6-17/h1,3-4,7,14-15,17H,2,5-6,8-12H2,(H,22,27)/t14-,15-/m1/s1. The van der Waals surface area contributed by atoms with Crippen molar-refractivity contribution in [2.75, 3.05) is 13.1 Å². The molecule has 6 nitrogen and oxygen atoms in total. The highest BCUT2D eigenvalue weighted by molar-refractivity contribution is 5.91. The number of halogens is 1. The number of benzene rings is 1. The molecule has 27 heavy (non-hydrogen) atoms. The highest BCUT2D eigenvalue weighted by atomic mass is 19.1. The fourth-order valence-electron chi connectivity index (χ4n) is 4.61. The molecule has 0 spiro atoms. The van der Waals surface area contributed by atoms with Crippen molar-refractivity contribution in [2.45, 2.75) is 44.8 Å². The van der Waals surface area contributed by atoms with Gasteiger partial charge in [0.2, 0.25) is 5.82 Å². The van der Waals surface area contributed by atoms with E-state index in [9.17, 15) is 9.18 Å². The number of nitrogens with zero attached hydrogens (tertiary/aromatic N) is 4. The summed E-state index contributed by atoms with van der Waals surface area (Å²) in [6.07, 6.45) is 4.17. The number of hydrogen-bond acceptors (Lipinski definition) is 4. The van der Waals surface area contributed by atoms with Crippen LogP contribution in [0, 0.1) is 17.7 Å². The van der Waals surface area contributed by atoms with E-state index in [-0.39, 0.29) is 11.7 Å². The Morgan fingerprint density at radius 3 is 2.81 bits per heavy atom. The van der Waals surface area contributed by atoms with Gasteiger partial charge in [0.25, 0.3) is 5.91 Å². The molecule has 2 fully saturated rings. The van der Waals surface area contributed by atoms with Gasteiger partial charge in [0, 0.05) is 38.6 Å². The van der Waals surface area contributed by atoms with Crippen molar-refractivity contribution in [3.63, 3.8) is 0 Å². The molecule has 5 rings (SSSR count). The van der Waals surface area contributed by atoms with E-state index in [1.165, 1.54) is 12.5 Å². The fourth-order valence-corrected chi connectivity index (χ4v) is 4.61. The third-order valence-corrected chi connectivity index (χ3v) is 6.28. The average molecular weight is 369 g/mol. The monoisotopic (exact) mass is 369 g/mol. The lowest BCUT2D eigenvalue weighted by molar-refractivity contribution is 0.0898. The van der Waals surface area contributed by atoms with Crippen LogP contribution in [0.25, 0.3) is 0 Å². The molecule has 1 amide bonds. The normalized spacial score (nSPS) is 24.9. The Morgan fingerprint density at radius 1 is 1.19 bits per heavy atom. The third-order valence-electron chi connectivity index (χ3n) is 6.28. The Balaban J connectivity index is 1.26. The van der Waals surface area contributed by atoms with Crippen LogP contribution in [0.5, 0.6) is 0 Å². The van der Waals surface area contributed by atoms with Crippen LogP contribution in [0.3, 0.4) is 0 Å². The van der Waals surface area contributed by atoms with Crippen LogP contribution >= 0.6 is 0 Å². The molecule has 1 aliphatic carbocycles. The summed E-state index contributed by atoms with van der Waals surface area (Å²) in [6.45, 7) is 3.50. The van der Waals surface area contributed by atoms with E-state index in [0.29, 0.717) is 23.7 Å². The van der Waals surface area contributed by atoms with Gasteiger partial charge in [-0.1, -0.05) is 12.1 Å². The molecule has 0 unspecified atom stereocenters. The van der Waals surface area contributed by atoms with Gasteiger partial charge in [0.15, 0.2) is 0 Å². The quantitative estimate of drug-likeness (QED) is 0.896. The van der Waals surface area contributed by atoms with Gasteiger partial charge in [0.05, 0.1) is 0 Å². The first kappa shape index (κ1) is 16.9. The largest absolute Gasteiger partial charge is 0.347 e. The van der Waals surface area contributed by atoms with Gasteiger partial charge < -0.3 is 9.88 Å². The first-order chi connectivity index (χ1) is 13.2. The topological polar surface area (TPSA) is 63.1 Å². The van der Waals surface area contributed by atoms with Crippen LogP contribution in [0.15, 0.2) is 24.3 Å². The fraction of sp³-hybridized carbons (Fsp3) is 0.550. The minimum Gasteiger partial charge on any atom is -0.347 e. The number of fused-ring (bicyclic) bond motifs is 2. The van der Waals surface area contributed by atoms with Crippen molar-refractivity contribution in [3.8, 4) is 0 Å². The van der Waals surface area contributed by atoms with Crippen LogP contribution < -0.4 is 5.32 Å². The second-order valence-corrected chi connectivity index (χ2v) is 8.20.